The predicted octanol–water partition coefficient (Wildman–Crippen LogP) is 3.24. The van der Waals surface area contributed by atoms with Gasteiger partial charge in [-0.15, -0.1) is 0 Å². The van der Waals surface area contributed by atoms with E-state index in [1.807, 2.05) is 6.07 Å². The lowest BCUT2D eigenvalue weighted by Gasteiger charge is -1.96. The van der Waals surface area contributed by atoms with Crippen LogP contribution in [0.15, 0.2) is 47.0 Å². The third kappa shape index (κ3) is 2.08. The molecule has 0 saturated heterocycles. The highest BCUT2D eigenvalue weighted by atomic mass is 32.1. The highest BCUT2D eigenvalue weighted by Crippen LogP contribution is 2.30. The standard InChI is InChI=1S/C15H9N3O3S/c16-8-5-6-12-10(7-8)17-15(22-12)20-14(19)13-9-3-1-2-4-11(9)21-18-13/h1-7H,16H2. The summed E-state index contributed by atoms with van der Waals surface area (Å²) < 4.78 is 11.3. The lowest BCUT2D eigenvalue weighted by Crippen LogP contribution is -2.08. The molecule has 0 aliphatic carbocycles. The van der Waals surface area contributed by atoms with E-state index in [4.69, 9.17) is 15.0 Å². The van der Waals surface area contributed by atoms with Crippen LogP contribution in [-0.4, -0.2) is 16.1 Å². The van der Waals surface area contributed by atoms with E-state index in [0.717, 1.165) is 4.70 Å². The van der Waals surface area contributed by atoms with E-state index >= 15 is 0 Å². The van der Waals surface area contributed by atoms with Crippen LogP contribution in [0.1, 0.15) is 10.5 Å². The number of para-hydroxylation sites is 1. The van der Waals surface area contributed by atoms with Gasteiger partial charge in [-0.25, -0.2) is 9.78 Å². The molecule has 0 unspecified atom stereocenters. The van der Waals surface area contributed by atoms with Crippen LogP contribution < -0.4 is 10.5 Å². The number of nitrogen functional groups attached to an aromatic ring is 1. The summed E-state index contributed by atoms with van der Waals surface area (Å²) in [4.78, 5) is 16.5. The fourth-order valence-corrected chi connectivity index (χ4v) is 2.92. The quantitative estimate of drug-likeness (QED) is 0.451. The van der Waals surface area contributed by atoms with E-state index in [2.05, 4.69) is 10.1 Å². The Morgan fingerprint density at radius 1 is 1.23 bits per heavy atom. The Morgan fingerprint density at radius 2 is 2.09 bits per heavy atom. The molecule has 0 fully saturated rings. The van der Waals surface area contributed by atoms with E-state index in [0.29, 0.717) is 22.2 Å². The van der Waals surface area contributed by atoms with Gasteiger partial charge in [0, 0.05) is 5.69 Å². The largest absolute Gasteiger partial charge is 0.399 e. The van der Waals surface area contributed by atoms with Crippen molar-refractivity contribution in [2.24, 2.45) is 0 Å². The number of aromatic nitrogens is 2. The van der Waals surface area contributed by atoms with Gasteiger partial charge in [0.15, 0.2) is 11.3 Å². The van der Waals surface area contributed by atoms with Crippen LogP contribution in [-0.2, 0) is 0 Å². The highest BCUT2D eigenvalue weighted by Gasteiger charge is 2.19. The summed E-state index contributed by atoms with van der Waals surface area (Å²) in [5.41, 5.74) is 7.68. The highest BCUT2D eigenvalue weighted by molar-refractivity contribution is 7.20. The molecule has 108 valence electrons. The molecular formula is C15H9N3O3S. The molecule has 2 aromatic heterocycles. The van der Waals surface area contributed by atoms with Crippen LogP contribution in [0.5, 0.6) is 5.19 Å². The van der Waals surface area contributed by atoms with Gasteiger partial charge in [0.25, 0.3) is 5.19 Å². The number of nitrogens with two attached hydrogens (primary N) is 1. The molecule has 0 radical (unpaired) electrons. The van der Waals surface area contributed by atoms with Gasteiger partial charge < -0.3 is 15.0 Å². The molecule has 2 aromatic carbocycles. The van der Waals surface area contributed by atoms with Gasteiger partial charge in [0.1, 0.15) is 0 Å². The zero-order valence-electron chi connectivity index (χ0n) is 11.1. The van der Waals surface area contributed by atoms with Crippen molar-refractivity contribution in [1.29, 1.82) is 0 Å². The Balaban J connectivity index is 1.68. The summed E-state index contributed by atoms with van der Waals surface area (Å²) in [6.07, 6.45) is 0. The molecule has 4 aromatic rings. The van der Waals surface area contributed by atoms with Crippen molar-refractivity contribution in [3.8, 4) is 5.19 Å². The Hall–Kier alpha value is -2.93. The van der Waals surface area contributed by atoms with Crippen LogP contribution in [0.3, 0.4) is 0 Å². The van der Waals surface area contributed by atoms with Crippen molar-refractivity contribution >= 4 is 44.2 Å². The van der Waals surface area contributed by atoms with E-state index in [-0.39, 0.29) is 10.9 Å². The number of hydrogen-bond acceptors (Lipinski definition) is 7. The minimum Gasteiger partial charge on any atom is -0.399 e. The fraction of sp³-hybridized carbons (Fsp3) is 0. The number of esters is 1. The van der Waals surface area contributed by atoms with E-state index in [1.165, 1.54) is 11.3 Å². The first kappa shape index (κ1) is 12.8. The monoisotopic (exact) mass is 311 g/mol. The van der Waals surface area contributed by atoms with Gasteiger partial charge in [-0.3, -0.25) is 0 Å². The van der Waals surface area contributed by atoms with Crippen molar-refractivity contribution in [3.05, 3.63) is 48.2 Å². The SMILES string of the molecule is Nc1ccc2sc(OC(=O)c3noc4ccccc34)nc2c1. The Labute approximate surface area is 128 Å². The van der Waals surface area contributed by atoms with Gasteiger partial charge in [0.05, 0.1) is 15.6 Å². The minimum absolute atomic E-state index is 0.134. The zero-order valence-corrected chi connectivity index (χ0v) is 12.0. The van der Waals surface area contributed by atoms with Gasteiger partial charge in [-0.05, 0) is 30.3 Å². The molecule has 0 bridgehead atoms. The topological polar surface area (TPSA) is 91.2 Å². The summed E-state index contributed by atoms with van der Waals surface area (Å²) >= 11 is 1.27. The molecule has 0 spiro atoms. The molecule has 22 heavy (non-hydrogen) atoms. The zero-order chi connectivity index (χ0) is 15.1. The Morgan fingerprint density at radius 3 is 3.00 bits per heavy atom. The van der Waals surface area contributed by atoms with Crippen LogP contribution in [0.4, 0.5) is 5.69 Å². The molecule has 7 heteroatoms. The van der Waals surface area contributed by atoms with Crippen LogP contribution in [0.2, 0.25) is 0 Å². The number of rotatable bonds is 2. The Bertz CT molecular complexity index is 1010. The predicted molar refractivity (Wildman–Crippen MR) is 83.0 cm³/mol. The molecule has 0 aliphatic rings. The lowest BCUT2D eigenvalue weighted by molar-refractivity contribution is 0.0726. The molecule has 0 atom stereocenters. The van der Waals surface area contributed by atoms with Gasteiger partial charge in [-0.2, -0.15) is 0 Å². The minimum atomic E-state index is -0.600. The number of carbonyl (C=O) groups is 1. The first-order valence-corrected chi connectivity index (χ1v) is 7.25. The molecule has 6 nitrogen and oxygen atoms in total. The van der Waals surface area contributed by atoms with Crippen molar-refractivity contribution < 1.29 is 14.1 Å². The van der Waals surface area contributed by atoms with Crippen LogP contribution in [0, 0.1) is 0 Å². The number of hydrogen-bond donors (Lipinski definition) is 1. The number of benzene rings is 2. The maximum absolute atomic E-state index is 12.2. The molecule has 0 saturated carbocycles. The second-order valence-corrected chi connectivity index (χ2v) is 5.62. The molecule has 4 rings (SSSR count). The maximum atomic E-state index is 12.2. The number of anilines is 1. The van der Waals surface area contributed by atoms with Gasteiger partial charge >= 0.3 is 5.97 Å². The summed E-state index contributed by atoms with van der Waals surface area (Å²) in [6.45, 7) is 0. The molecule has 0 amide bonds. The van der Waals surface area contributed by atoms with Gasteiger partial charge in [-0.1, -0.05) is 28.6 Å². The first-order valence-electron chi connectivity index (χ1n) is 6.43. The number of fused-ring (bicyclic) bond motifs is 2. The number of thiazole rings is 1. The number of nitrogens with zero attached hydrogens (tertiary/aromatic N) is 2. The second-order valence-electron chi connectivity index (χ2n) is 4.62. The van der Waals surface area contributed by atoms with E-state index in [9.17, 15) is 4.79 Å². The first-order chi connectivity index (χ1) is 10.7. The fourth-order valence-electron chi connectivity index (χ4n) is 2.13. The summed E-state index contributed by atoms with van der Waals surface area (Å²) in [5.74, 6) is -0.600. The summed E-state index contributed by atoms with van der Waals surface area (Å²) in [7, 11) is 0. The van der Waals surface area contributed by atoms with E-state index < -0.39 is 5.97 Å². The maximum Gasteiger partial charge on any atom is 0.368 e. The number of ether oxygens (including phenoxy) is 1. The average molecular weight is 311 g/mol. The smallest absolute Gasteiger partial charge is 0.368 e. The summed E-state index contributed by atoms with van der Waals surface area (Å²) in [5, 5.41) is 4.62. The van der Waals surface area contributed by atoms with Crippen molar-refractivity contribution in [2.75, 3.05) is 5.73 Å². The van der Waals surface area contributed by atoms with Crippen LogP contribution in [0.25, 0.3) is 21.2 Å². The van der Waals surface area contributed by atoms with Crippen molar-refractivity contribution in [1.82, 2.24) is 10.1 Å². The lowest BCUT2D eigenvalue weighted by atomic mass is 10.2. The Kier molecular flexibility index (Phi) is 2.80. The third-order valence-corrected chi connectivity index (χ3v) is 4.06. The second kappa shape index (κ2) is 4.81. The van der Waals surface area contributed by atoms with Crippen molar-refractivity contribution in [3.63, 3.8) is 0 Å². The third-order valence-electron chi connectivity index (χ3n) is 3.14. The normalized spacial score (nSPS) is 11.1. The average Bonchev–Trinajstić information content (AvgIpc) is 3.09. The van der Waals surface area contributed by atoms with Gasteiger partial charge in [0.2, 0.25) is 0 Å². The number of carbonyl (C=O) groups excluding carboxylic acids is 1. The molecular weight excluding hydrogens is 302 g/mol. The molecule has 2 heterocycles. The van der Waals surface area contributed by atoms with Crippen LogP contribution >= 0.6 is 11.3 Å². The summed E-state index contributed by atoms with van der Waals surface area (Å²) in [6, 6.07) is 12.4. The molecule has 0 aliphatic heterocycles. The molecule has 2 N–H and O–H groups in total. The van der Waals surface area contributed by atoms with Crippen molar-refractivity contribution in [2.45, 2.75) is 0 Å². The van der Waals surface area contributed by atoms with E-state index in [1.54, 1.807) is 36.4 Å².